The van der Waals surface area contributed by atoms with E-state index in [2.05, 4.69) is 47.5 Å². The van der Waals surface area contributed by atoms with Gasteiger partial charge in [0.15, 0.2) is 0 Å². The molecule has 0 radical (unpaired) electrons. The van der Waals surface area contributed by atoms with Crippen LogP contribution in [-0.2, 0) is 0 Å². The molecule has 0 aromatic carbocycles. The number of hydrogen-bond donors (Lipinski definition) is 0. The molecule has 0 aliphatic heterocycles. The van der Waals surface area contributed by atoms with E-state index >= 15 is 0 Å². The predicted molar refractivity (Wildman–Crippen MR) is 81.6 cm³/mol. The van der Waals surface area contributed by atoms with Crippen LogP contribution in [0, 0.1) is 0 Å². The fourth-order valence-corrected chi connectivity index (χ4v) is 2.09. The highest BCUT2D eigenvalue weighted by Gasteiger charge is 2.14. The monoisotopic (exact) mass is 301 g/mol. The fraction of sp³-hybridized carbons (Fsp3) is 0.769. The summed E-state index contributed by atoms with van der Waals surface area (Å²) in [6.07, 6.45) is 0. The lowest BCUT2D eigenvalue weighted by Crippen LogP contribution is -2.39. The molecule has 1 aromatic rings. The number of hydrogen-bond acceptors (Lipinski definition) is 6. The lowest BCUT2D eigenvalue weighted by molar-refractivity contribution is 0.138. The van der Waals surface area contributed by atoms with Gasteiger partial charge in [-0.3, -0.25) is 4.90 Å². The highest BCUT2D eigenvalue weighted by Crippen LogP contribution is 2.13. The molecule has 1 heterocycles. The highest BCUT2D eigenvalue weighted by molar-refractivity contribution is 6.28. The highest BCUT2D eigenvalue weighted by atomic mass is 35.5. The molecule has 0 N–H and O–H groups in total. The Morgan fingerprint density at radius 3 is 2.15 bits per heavy atom. The Balaban J connectivity index is 2.61. The molecule has 0 amide bonds. The summed E-state index contributed by atoms with van der Waals surface area (Å²) in [5.74, 6) is 0.490. The van der Waals surface area contributed by atoms with Crippen LogP contribution in [0.2, 0.25) is 5.28 Å². The van der Waals surface area contributed by atoms with Crippen molar-refractivity contribution < 1.29 is 4.74 Å². The predicted octanol–water partition coefficient (Wildman–Crippen LogP) is 2.09. The molecule has 0 spiro atoms. The molecule has 0 aliphatic rings. The Morgan fingerprint density at radius 1 is 1.05 bits per heavy atom. The van der Waals surface area contributed by atoms with Crippen molar-refractivity contribution in [1.29, 1.82) is 0 Å². The van der Waals surface area contributed by atoms with Gasteiger partial charge in [0.2, 0.25) is 11.2 Å². The zero-order chi connectivity index (χ0) is 15.3. The maximum atomic E-state index is 5.86. The van der Waals surface area contributed by atoms with Gasteiger partial charge in [0.25, 0.3) is 0 Å². The molecular formula is C13H24ClN5O. The summed E-state index contributed by atoms with van der Waals surface area (Å²) in [4.78, 5) is 16.3. The van der Waals surface area contributed by atoms with E-state index in [9.17, 15) is 0 Å². The molecule has 6 nitrogen and oxygen atoms in total. The first kappa shape index (κ1) is 16.9. The van der Waals surface area contributed by atoms with E-state index in [1.165, 1.54) is 0 Å². The standard InChI is InChI=1S/C13H24ClN5O/c1-9(2)19(10(3)4)7-8-20-13-16-11(14)15-12(17-13)18(5)6/h9-10H,7-8H2,1-6H3. The van der Waals surface area contributed by atoms with Crippen molar-refractivity contribution in [1.82, 2.24) is 19.9 Å². The van der Waals surface area contributed by atoms with Crippen molar-refractivity contribution >= 4 is 17.5 Å². The van der Waals surface area contributed by atoms with Gasteiger partial charge in [-0.05, 0) is 39.3 Å². The third-order valence-corrected chi connectivity index (χ3v) is 3.05. The summed E-state index contributed by atoms with van der Waals surface area (Å²) in [5.41, 5.74) is 0. The summed E-state index contributed by atoms with van der Waals surface area (Å²) >= 11 is 5.86. The average molecular weight is 302 g/mol. The van der Waals surface area contributed by atoms with Gasteiger partial charge in [-0.1, -0.05) is 0 Å². The van der Waals surface area contributed by atoms with Crippen molar-refractivity contribution in [2.24, 2.45) is 0 Å². The third-order valence-electron chi connectivity index (χ3n) is 2.88. The number of rotatable bonds is 7. The van der Waals surface area contributed by atoms with Gasteiger partial charge in [0.1, 0.15) is 6.61 Å². The SMILES string of the molecule is CC(C)N(CCOc1nc(Cl)nc(N(C)C)n1)C(C)C. The maximum absolute atomic E-state index is 5.86. The van der Waals surface area contributed by atoms with Gasteiger partial charge in [-0.2, -0.15) is 15.0 Å². The normalized spacial score (nSPS) is 11.5. The molecule has 20 heavy (non-hydrogen) atoms. The molecular weight excluding hydrogens is 278 g/mol. The molecule has 7 heteroatoms. The second-order valence-corrected chi connectivity index (χ2v) is 5.69. The van der Waals surface area contributed by atoms with Crippen LogP contribution in [0.5, 0.6) is 6.01 Å². The van der Waals surface area contributed by atoms with Crippen LogP contribution < -0.4 is 9.64 Å². The Morgan fingerprint density at radius 2 is 1.65 bits per heavy atom. The van der Waals surface area contributed by atoms with Crippen LogP contribution in [0.4, 0.5) is 5.95 Å². The molecule has 0 saturated heterocycles. The summed E-state index contributed by atoms with van der Waals surface area (Å²) < 4.78 is 5.59. The number of aromatic nitrogens is 3. The van der Waals surface area contributed by atoms with E-state index in [1.54, 1.807) is 4.90 Å². The molecule has 0 unspecified atom stereocenters. The van der Waals surface area contributed by atoms with E-state index in [1.807, 2.05) is 14.1 Å². The quantitative estimate of drug-likeness (QED) is 0.768. The van der Waals surface area contributed by atoms with E-state index < -0.39 is 0 Å². The Kier molecular flexibility index (Phi) is 6.42. The van der Waals surface area contributed by atoms with Crippen LogP contribution in [0.15, 0.2) is 0 Å². The van der Waals surface area contributed by atoms with Crippen molar-refractivity contribution in [3.05, 3.63) is 5.28 Å². The second-order valence-electron chi connectivity index (χ2n) is 5.36. The van der Waals surface area contributed by atoms with Crippen LogP contribution >= 0.6 is 11.6 Å². The first-order valence-corrected chi connectivity index (χ1v) is 7.16. The number of nitrogens with zero attached hydrogens (tertiary/aromatic N) is 5. The molecule has 0 aliphatic carbocycles. The van der Waals surface area contributed by atoms with Crippen molar-refractivity contribution in [2.75, 3.05) is 32.1 Å². The first-order chi connectivity index (χ1) is 9.31. The smallest absolute Gasteiger partial charge is 0.322 e. The molecule has 0 fully saturated rings. The van der Waals surface area contributed by atoms with E-state index in [4.69, 9.17) is 16.3 Å². The van der Waals surface area contributed by atoms with Gasteiger partial charge < -0.3 is 9.64 Å². The molecule has 1 aromatic heterocycles. The Bertz CT molecular complexity index is 417. The molecule has 0 bridgehead atoms. The topological polar surface area (TPSA) is 54.4 Å². The van der Waals surface area contributed by atoms with Gasteiger partial charge in [0, 0.05) is 32.7 Å². The third kappa shape index (κ3) is 5.09. The van der Waals surface area contributed by atoms with Gasteiger partial charge in [-0.15, -0.1) is 0 Å². The zero-order valence-corrected chi connectivity index (χ0v) is 13.8. The number of halogens is 1. The first-order valence-electron chi connectivity index (χ1n) is 6.78. The van der Waals surface area contributed by atoms with Crippen LogP contribution in [0.3, 0.4) is 0 Å². The van der Waals surface area contributed by atoms with Crippen LogP contribution in [-0.4, -0.2) is 59.2 Å². The summed E-state index contributed by atoms with van der Waals surface area (Å²) in [5, 5.41) is 0.142. The lowest BCUT2D eigenvalue weighted by atomic mass is 10.2. The van der Waals surface area contributed by atoms with Gasteiger partial charge in [-0.25, -0.2) is 0 Å². The van der Waals surface area contributed by atoms with Crippen molar-refractivity contribution in [3.63, 3.8) is 0 Å². The molecule has 0 atom stereocenters. The minimum absolute atomic E-state index is 0.142. The summed E-state index contributed by atoms with van der Waals surface area (Å²) in [6.45, 7) is 10.0. The van der Waals surface area contributed by atoms with Gasteiger partial charge in [0.05, 0.1) is 0 Å². The Labute approximate surface area is 126 Å². The summed E-state index contributed by atoms with van der Waals surface area (Å²) in [7, 11) is 3.68. The minimum atomic E-state index is 0.142. The van der Waals surface area contributed by atoms with Crippen molar-refractivity contribution in [3.8, 4) is 6.01 Å². The van der Waals surface area contributed by atoms with Crippen LogP contribution in [0.25, 0.3) is 0 Å². The van der Waals surface area contributed by atoms with E-state index in [-0.39, 0.29) is 11.3 Å². The lowest BCUT2D eigenvalue weighted by Gasteiger charge is -2.30. The van der Waals surface area contributed by atoms with Gasteiger partial charge >= 0.3 is 6.01 Å². The number of ether oxygens (including phenoxy) is 1. The molecule has 1 rings (SSSR count). The average Bonchev–Trinajstić information content (AvgIpc) is 2.32. The molecule has 0 saturated carbocycles. The molecule has 114 valence electrons. The maximum Gasteiger partial charge on any atom is 0.322 e. The second kappa shape index (κ2) is 7.59. The largest absolute Gasteiger partial charge is 0.462 e. The minimum Gasteiger partial charge on any atom is -0.462 e. The zero-order valence-electron chi connectivity index (χ0n) is 13.1. The summed E-state index contributed by atoms with van der Waals surface area (Å²) in [6, 6.07) is 1.21. The van der Waals surface area contributed by atoms with E-state index in [0.717, 1.165) is 6.54 Å². The van der Waals surface area contributed by atoms with E-state index in [0.29, 0.717) is 24.6 Å². The van der Waals surface area contributed by atoms with Crippen LogP contribution in [0.1, 0.15) is 27.7 Å². The fourth-order valence-electron chi connectivity index (χ4n) is 1.94. The van der Waals surface area contributed by atoms with Crippen molar-refractivity contribution in [2.45, 2.75) is 39.8 Å². The number of anilines is 1. The Hall–Kier alpha value is -1.14.